The van der Waals surface area contributed by atoms with E-state index in [0.717, 1.165) is 30.2 Å². The minimum atomic E-state index is -2.05. The first-order valence-electron chi connectivity index (χ1n) is 18.7. The number of carbonyl (C=O) groups excluding carboxylic acids is 4. The van der Waals surface area contributed by atoms with Crippen molar-refractivity contribution in [1.82, 2.24) is 0 Å². The van der Waals surface area contributed by atoms with Gasteiger partial charge in [0.05, 0.1) is 5.56 Å². The van der Waals surface area contributed by atoms with Gasteiger partial charge < -0.3 is 33.5 Å². The van der Waals surface area contributed by atoms with E-state index in [-0.39, 0.29) is 28.2 Å². The molecule has 2 saturated carbocycles. The van der Waals surface area contributed by atoms with Crippen molar-refractivity contribution >= 4 is 40.1 Å². The average Bonchev–Trinajstić information content (AvgIpc) is 3.56. The van der Waals surface area contributed by atoms with Crippen LogP contribution < -0.4 is 0 Å². The lowest BCUT2D eigenvalue weighted by Crippen LogP contribution is -2.66. The van der Waals surface area contributed by atoms with Gasteiger partial charge in [0.2, 0.25) is 6.29 Å². The fourth-order valence-corrected chi connectivity index (χ4v) is 12.0. The van der Waals surface area contributed by atoms with Gasteiger partial charge >= 0.3 is 17.9 Å². The topological polar surface area (TPSA) is 144 Å². The van der Waals surface area contributed by atoms with Crippen LogP contribution in [0.3, 0.4) is 0 Å². The zero-order valence-corrected chi connectivity index (χ0v) is 33.3. The summed E-state index contributed by atoms with van der Waals surface area (Å²) in [5, 5.41) is 12.7. The third-order valence-corrected chi connectivity index (χ3v) is 14.2. The van der Waals surface area contributed by atoms with Crippen LogP contribution in [0.2, 0.25) is 0 Å². The highest BCUT2D eigenvalue weighted by Gasteiger charge is 2.77. The molecule has 4 aliphatic carbocycles. The van der Waals surface area contributed by atoms with Gasteiger partial charge in [-0.15, -0.1) is 0 Å². The lowest BCUT2D eigenvalue weighted by molar-refractivity contribution is -0.211. The summed E-state index contributed by atoms with van der Waals surface area (Å²) in [6.45, 7) is 15.1. The summed E-state index contributed by atoms with van der Waals surface area (Å²) in [6, 6.07) is 6.74. The molecule has 0 bridgehead atoms. The van der Waals surface area contributed by atoms with Crippen molar-refractivity contribution in [3.63, 3.8) is 0 Å². The molecule has 2 aliphatic heterocycles. The van der Waals surface area contributed by atoms with E-state index in [9.17, 15) is 24.3 Å². The third-order valence-electron chi connectivity index (χ3n) is 13.7. The summed E-state index contributed by atoms with van der Waals surface area (Å²) in [5.41, 5.74) is -5.16. The van der Waals surface area contributed by atoms with Gasteiger partial charge in [-0.3, -0.25) is 14.4 Å². The standard InChI is InChI=1S/C41H51BrO11/c1-22(44)48-28-19-26(40(47,21-43)38(7)17-9-15-36(3,4)30(28)38)34-52-35-41(53-34)27(33(51-35)50-32(46)24-11-13-25(42)14-12-24)20-29(49-23(2)45)31-37(5,6)16-10-18-39(31,41)8/h11-14,19-21,28-31,33-35,47H,9-10,15-18H2,1-8H3/t28-,29-,30?,31?,33?,34+,35+,38+,39+,40-,41+/m1/s1. The molecule has 1 spiro atoms. The molecule has 288 valence electrons. The van der Waals surface area contributed by atoms with E-state index < -0.39 is 71.0 Å². The Morgan fingerprint density at radius 3 is 1.85 bits per heavy atom. The molecule has 1 aromatic rings. The third kappa shape index (κ3) is 5.63. The van der Waals surface area contributed by atoms with Gasteiger partial charge in [0, 0.05) is 52.1 Å². The van der Waals surface area contributed by atoms with Crippen molar-refractivity contribution in [2.75, 3.05) is 0 Å². The molecule has 1 aromatic carbocycles. The SMILES string of the molecule is CC(=O)O[C@@H]1C=C([C@H]2O[C@@H]3OC(OC(=O)c4ccc(Br)cc4)C4=C[C@@H](OC(C)=O)C5C(C)(C)CCC[C@]5(C)[C@]43O2)[C@](O)(C=O)[C@@]2(C)CCCC(C)(C)C12. The molecular weight excluding hydrogens is 748 g/mol. The van der Waals surface area contributed by atoms with Crippen LogP contribution in [0, 0.1) is 33.5 Å². The van der Waals surface area contributed by atoms with Gasteiger partial charge in [-0.25, -0.2) is 4.79 Å². The molecule has 6 aliphatic rings. The molecule has 12 heteroatoms. The molecule has 2 saturated heterocycles. The summed E-state index contributed by atoms with van der Waals surface area (Å²) >= 11 is 3.40. The van der Waals surface area contributed by atoms with Gasteiger partial charge in [-0.2, -0.15) is 0 Å². The zero-order chi connectivity index (χ0) is 38.5. The number of fused-ring (bicyclic) bond motifs is 2. The summed E-state index contributed by atoms with van der Waals surface area (Å²) in [4.78, 5) is 52.1. The second kappa shape index (κ2) is 12.8. The first kappa shape index (κ1) is 38.4. The Bertz CT molecular complexity index is 1770. The molecule has 3 unspecified atom stereocenters. The Kier molecular flexibility index (Phi) is 9.29. The number of ether oxygens (including phenoxy) is 6. The van der Waals surface area contributed by atoms with Gasteiger partial charge in [-0.1, -0.05) is 70.3 Å². The fourth-order valence-electron chi connectivity index (χ4n) is 11.7. The smallest absolute Gasteiger partial charge is 0.340 e. The predicted molar refractivity (Wildman–Crippen MR) is 194 cm³/mol. The van der Waals surface area contributed by atoms with E-state index in [0.29, 0.717) is 30.3 Å². The number of halogens is 1. The number of aldehydes is 1. The summed E-state index contributed by atoms with van der Waals surface area (Å²) < 4.78 is 39.4. The minimum absolute atomic E-state index is 0.141. The van der Waals surface area contributed by atoms with Crippen LogP contribution in [0.1, 0.15) is 104 Å². The van der Waals surface area contributed by atoms with E-state index in [4.69, 9.17) is 28.4 Å². The van der Waals surface area contributed by atoms with Crippen LogP contribution in [0.5, 0.6) is 0 Å². The lowest BCUT2D eigenvalue weighted by atomic mass is 9.46. The van der Waals surface area contributed by atoms with E-state index in [2.05, 4.69) is 50.5 Å². The fraction of sp³-hybridized carbons (Fsp3) is 0.659. The van der Waals surface area contributed by atoms with E-state index in [1.54, 1.807) is 36.4 Å². The Morgan fingerprint density at radius 2 is 1.30 bits per heavy atom. The van der Waals surface area contributed by atoms with Gasteiger partial charge in [-0.05, 0) is 72.9 Å². The largest absolute Gasteiger partial charge is 0.458 e. The molecule has 0 aromatic heterocycles. The molecule has 4 fully saturated rings. The molecule has 11 atom stereocenters. The van der Waals surface area contributed by atoms with Crippen LogP contribution in [0.4, 0.5) is 0 Å². The highest BCUT2D eigenvalue weighted by Crippen LogP contribution is 2.70. The summed E-state index contributed by atoms with van der Waals surface area (Å²) in [6.07, 6.45) is 3.17. The molecule has 0 radical (unpaired) electrons. The number of carbonyl (C=O) groups is 4. The molecular formula is C41H51BrO11. The second-order valence-corrected chi connectivity index (χ2v) is 18.7. The zero-order valence-electron chi connectivity index (χ0n) is 31.7. The van der Waals surface area contributed by atoms with Crippen LogP contribution in [0.15, 0.2) is 52.0 Å². The molecule has 7 rings (SSSR count). The maximum atomic E-state index is 13.6. The van der Waals surface area contributed by atoms with Crippen LogP contribution in [-0.4, -0.2) is 71.6 Å². The number of rotatable bonds is 6. The first-order valence-corrected chi connectivity index (χ1v) is 19.5. The van der Waals surface area contributed by atoms with Crippen LogP contribution in [0.25, 0.3) is 0 Å². The summed E-state index contributed by atoms with van der Waals surface area (Å²) in [5.74, 6) is -2.25. The number of aliphatic hydroxyl groups is 1. The highest BCUT2D eigenvalue weighted by molar-refractivity contribution is 9.10. The van der Waals surface area contributed by atoms with E-state index in [1.807, 2.05) is 6.92 Å². The Hall–Kier alpha value is -2.90. The van der Waals surface area contributed by atoms with Crippen molar-refractivity contribution in [3.05, 3.63) is 57.6 Å². The minimum Gasteiger partial charge on any atom is -0.458 e. The molecule has 0 amide bonds. The molecule has 53 heavy (non-hydrogen) atoms. The summed E-state index contributed by atoms with van der Waals surface area (Å²) in [7, 11) is 0. The molecule has 11 nitrogen and oxygen atoms in total. The van der Waals surface area contributed by atoms with Crippen molar-refractivity contribution < 1.29 is 52.7 Å². The Morgan fingerprint density at radius 1 is 0.774 bits per heavy atom. The number of hydrogen-bond donors (Lipinski definition) is 1. The van der Waals surface area contributed by atoms with Crippen molar-refractivity contribution in [2.45, 2.75) is 136 Å². The van der Waals surface area contributed by atoms with E-state index >= 15 is 0 Å². The Balaban J connectivity index is 1.37. The lowest BCUT2D eigenvalue weighted by Gasteiger charge is -2.61. The van der Waals surface area contributed by atoms with E-state index in [1.165, 1.54) is 13.8 Å². The first-order chi connectivity index (χ1) is 24.7. The number of esters is 3. The highest BCUT2D eigenvalue weighted by atomic mass is 79.9. The number of benzene rings is 1. The normalized spacial score (nSPS) is 42.0. The average molecular weight is 800 g/mol. The van der Waals surface area contributed by atoms with Crippen molar-refractivity contribution in [3.8, 4) is 0 Å². The maximum absolute atomic E-state index is 13.6. The molecule has 1 N–H and O–H groups in total. The predicted octanol–water partition coefficient (Wildman–Crippen LogP) is 6.74. The molecule has 2 heterocycles. The van der Waals surface area contributed by atoms with Crippen molar-refractivity contribution in [1.29, 1.82) is 0 Å². The van der Waals surface area contributed by atoms with Gasteiger partial charge in [0.1, 0.15) is 12.2 Å². The van der Waals surface area contributed by atoms with Crippen molar-refractivity contribution in [2.24, 2.45) is 33.5 Å². The van der Waals surface area contributed by atoms with Crippen LogP contribution in [-0.2, 0) is 42.8 Å². The van der Waals surface area contributed by atoms with Crippen LogP contribution >= 0.6 is 15.9 Å². The maximum Gasteiger partial charge on any atom is 0.340 e. The van der Waals surface area contributed by atoms with Gasteiger partial charge in [0.15, 0.2) is 30.1 Å². The monoisotopic (exact) mass is 798 g/mol. The quantitative estimate of drug-likeness (QED) is 0.142. The number of hydrogen-bond acceptors (Lipinski definition) is 11. The van der Waals surface area contributed by atoms with Gasteiger partial charge in [0.25, 0.3) is 0 Å². The Labute approximate surface area is 319 Å². The second-order valence-electron chi connectivity index (χ2n) is 17.8.